The summed E-state index contributed by atoms with van der Waals surface area (Å²) < 4.78 is 0. The van der Waals surface area contributed by atoms with Crippen molar-refractivity contribution in [1.29, 1.82) is 0 Å². The molecule has 0 heterocycles. The first-order valence-corrected chi connectivity index (χ1v) is 6.28. The fourth-order valence-corrected chi connectivity index (χ4v) is 1.70. The van der Waals surface area contributed by atoms with Gasteiger partial charge in [-0.05, 0) is 18.3 Å². The molecule has 0 aromatic rings. The van der Waals surface area contributed by atoms with Crippen LogP contribution in [0, 0.1) is 11.8 Å². The highest BCUT2D eigenvalue weighted by atomic mass is 16.4. The SMILES string of the molecule is CCC(C)CCCCC(C)CCC(=O)O. The number of aliphatic carboxylic acids is 1. The summed E-state index contributed by atoms with van der Waals surface area (Å²) in [4.78, 5) is 10.4. The van der Waals surface area contributed by atoms with Crippen molar-refractivity contribution in [2.24, 2.45) is 11.8 Å². The van der Waals surface area contributed by atoms with E-state index in [0.29, 0.717) is 12.3 Å². The molecular weight excluding hydrogens is 188 g/mol. The Morgan fingerprint density at radius 2 is 1.60 bits per heavy atom. The maximum atomic E-state index is 10.4. The first-order valence-electron chi connectivity index (χ1n) is 6.28. The van der Waals surface area contributed by atoms with Gasteiger partial charge in [-0.15, -0.1) is 0 Å². The van der Waals surface area contributed by atoms with Gasteiger partial charge in [0.15, 0.2) is 0 Å². The summed E-state index contributed by atoms with van der Waals surface area (Å²) in [6, 6.07) is 0. The molecule has 0 rings (SSSR count). The number of hydrogen-bond acceptors (Lipinski definition) is 1. The standard InChI is InChI=1S/C13H26O2/c1-4-11(2)7-5-6-8-12(3)9-10-13(14)15/h11-12H,4-10H2,1-3H3,(H,14,15). The molecule has 0 aliphatic carbocycles. The Labute approximate surface area is 94.1 Å². The van der Waals surface area contributed by atoms with Crippen LogP contribution in [0.25, 0.3) is 0 Å². The molecule has 2 heteroatoms. The lowest BCUT2D eigenvalue weighted by Gasteiger charge is -2.11. The van der Waals surface area contributed by atoms with Crippen LogP contribution in [0.3, 0.4) is 0 Å². The highest BCUT2D eigenvalue weighted by Crippen LogP contribution is 2.17. The number of rotatable bonds is 9. The molecule has 0 aromatic heterocycles. The minimum atomic E-state index is -0.665. The van der Waals surface area contributed by atoms with Crippen molar-refractivity contribution in [3.8, 4) is 0 Å². The molecule has 2 nitrogen and oxygen atoms in total. The largest absolute Gasteiger partial charge is 0.481 e. The topological polar surface area (TPSA) is 37.3 Å². The number of unbranched alkanes of at least 4 members (excludes halogenated alkanes) is 1. The van der Waals surface area contributed by atoms with Crippen LogP contribution < -0.4 is 0 Å². The first kappa shape index (κ1) is 14.5. The van der Waals surface area contributed by atoms with E-state index in [2.05, 4.69) is 20.8 Å². The highest BCUT2D eigenvalue weighted by Gasteiger charge is 2.05. The lowest BCUT2D eigenvalue weighted by atomic mass is 9.95. The summed E-state index contributed by atoms with van der Waals surface area (Å²) in [5.41, 5.74) is 0. The van der Waals surface area contributed by atoms with E-state index in [1.807, 2.05) is 0 Å². The van der Waals surface area contributed by atoms with Gasteiger partial charge in [0.25, 0.3) is 0 Å². The second kappa shape index (κ2) is 8.75. The molecule has 0 bridgehead atoms. The lowest BCUT2D eigenvalue weighted by molar-refractivity contribution is -0.137. The van der Waals surface area contributed by atoms with Crippen LogP contribution in [0.2, 0.25) is 0 Å². The van der Waals surface area contributed by atoms with Gasteiger partial charge >= 0.3 is 5.97 Å². The van der Waals surface area contributed by atoms with Crippen LogP contribution in [0.4, 0.5) is 0 Å². The Morgan fingerprint density at radius 1 is 1.07 bits per heavy atom. The Hall–Kier alpha value is -0.530. The third kappa shape index (κ3) is 9.77. The third-order valence-electron chi connectivity index (χ3n) is 3.19. The van der Waals surface area contributed by atoms with Gasteiger partial charge < -0.3 is 5.11 Å². The zero-order valence-electron chi connectivity index (χ0n) is 10.5. The van der Waals surface area contributed by atoms with E-state index in [1.54, 1.807) is 0 Å². The molecule has 0 saturated carbocycles. The van der Waals surface area contributed by atoms with Gasteiger partial charge in [-0.3, -0.25) is 4.79 Å². The van der Waals surface area contributed by atoms with Crippen LogP contribution in [0.1, 0.15) is 65.7 Å². The van der Waals surface area contributed by atoms with Crippen molar-refractivity contribution in [1.82, 2.24) is 0 Å². The summed E-state index contributed by atoms with van der Waals surface area (Å²) in [5, 5.41) is 8.54. The van der Waals surface area contributed by atoms with Crippen molar-refractivity contribution < 1.29 is 9.90 Å². The normalized spacial score (nSPS) is 14.9. The van der Waals surface area contributed by atoms with Gasteiger partial charge in [0, 0.05) is 6.42 Å². The number of carboxylic acid groups (broad SMARTS) is 1. The zero-order valence-corrected chi connectivity index (χ0v) is 10.5. The maximum absolute atomic E-state index is 10.4. The van der Waals surface area contributed by atoms with E-state index in [1.165, 1.54) is 32.1 Å². The quantitative estimate of drug-likeness (QED) is 0.587. The summed E-state index contributed by atoms with van der Waals surface area (Å²) >= 11 is 0. The number of hydrogen-bond donors (Lipinski definition) is 1. The van der Waals surface area contributed by atoms with Crippen LogP contribution in [0.15, 0.2) is 0 Å². The molecule has 0 aromatic carbocycles. The Kier molecular flexibility index (Phi) is 8.44. The average Bonchev–Trinajstić information content (AvgIpc) is 2.21. The van der Waals surface area contributed by atoms with Crippen molar-refractivity contribution in [3.05, 3.63) is 0 Å². The fraction of sp³-hybridized carbons (Fsp3) is 0.923. The van der Waals surface area contributed by atoms with Crippen LogP contribution >= 0.6 is 0 Å². The molecular formula is C13H26O2. The monoisotopic (exact) mass is 214 g/mol. The highest BCUT2D eigenvalue weighted by molar-refractivity contribution is 5.66. The van der Waals surface area contributed by atoms with Gasteiger partial charge in [-0.25, -0.2) is 0 Å². The van der Waals surface area contributed by atoms with Gasteiger partial charge in [0.1, 0.15) is 0 Å². The Bertz CT molecular complexity index is 166. The summed E-state index contributed by atoms with van der Waals surface area (Å²) in [6.45, 7) is 6.69. The smallest absolute Gasteiger partial charge is 0.303 e. The van der Waals surface area contributed by atoms with Crippen LogP contribution in [-0.2, 0) is 4.79 Å². The third-order valence-corrected chi connectivity index (χ3v) is 3.19. The van der Waals surface area contributed by atoms with Gasteiger partial charge in [0.05, 0.1) is 0 Å². The second-order valence-electron chi connectivity index (χ2n) is 4.84. The first-order chi connectivity index (χ1) is 7.06. The van der Waals surface area contributed by atoms with E-state index in [-0.39, 0.29) is 0 Å². The van der Waals surface area contributed by atoms with Crippen LogP contribution in [-0.4, -0.2) is 11.1 Å². The Balaban J connectivity index is 3.31. The molecule has 0 aliphatic heterocycles. The van der Waals surface area contributed by atoms with Crippen molar-refractivity contribution in [2.75, 3.05) is 0 Å². The van der Waals surface area contributed by atoms with E-state index >= 15 is 0 Å². The van der Waals surface area contributed by atoms with E-state index in [0.717, 1.165) is 12.3 Å². The molecule has 0 saturated heterocycles. The summed E-state index contributed by atoms with van der Waals surface area (Å²) in [5.74, 6) is 0.749. The average molecular weight is 214 g/mol. The predicted octanol–water partition coefficient (Wildman–Crippen LogP) is 4.09. The molecule has 90 valence electrons. The van der Waals surface area contributed by atoms with Gasteiger partial charge in [0.2, 0.25) is 0 Å². The summed E-state index contributed by atoms with van der Waals surface area (Å²) in [7, 11) is 0. The van der Waals surface area contributed by atoms with E-state index in [4.69, 9.17) is 5.11 Å². The minimum absolute atomic E-state index is 0.326. The summed E-state index contributed by atoms with van der Waals surface area (Å²) in [6.07, 6.45) is 7.49. The van der Waals surface area contributed by atoms with Crippen molar-refractivity contribution in [2.45, 2.75) is 65.7 Å². The number of carboxylic acids is 1. The molecule has 0 spiro atoms. The van der Waals surface area contributed by atoms with Gasteiger partial charge in [-0.1, -0.05) is 52.9 Å². The van der Waals surface area contributed by atoms with E-state index < -0.39 is 5.97 Å². The molecule has 1 N–H and O–H groups in total. The fourth-order valence-electron chi connectivity index (χ4n) is 1.70. The van der Waals surface area contributed by atoms with Crippen molar-refractivity contribution >= 4 is 5.97 Å². The van der Waals surface area contributed by atoms with E-state index in [9.17, 15) is 4.79 Å². The second-order valence-corrected chi connectivity index (χ2v) is 4.84. The molecule has 0 aliphatic rings. The predicted molar refractivity (Wildman–Crippen MR) is 64.0 cm³/mol. The van der Waals surface area contributed by atoms with Crippen LogP contribution in [0.5, 0.6) is 0 Å². The molecule has 0 amide bonds. The molecule has 15 heavy (non-hydrogen) atoms. The lowest BCUT2D eigenvalue weighted by Crippen LogP contribution is -2.01. The zero-order chi connectivity index (χ0) is 11.7. The van der Waals surface area contributed by atoms with Gasteiger partial charge in [-0.2, -0.15) is 0 Å². The molecule has 0 radical (unpaired) electrons. The molecule has 2 atom stereocenters. The molecule has 0 fully saturated rings. The minimum Gasteiger partial charge on any atom is -0.481 e. The van der Waals surface area contributed by atoms with Crippen molar-refractivity contribution in [3.63, 3.8) is 0 Å². The maximum Gasteiger partial charge on any atom is 0.303 e. The number of carbonyl (C=O) groups is 1. The molecule has 2 unspecified atom stereocenters. The Morgan fingerprint density at radius 3 is 2.07 bits per heavy atom.